The first kappa shape index (κ1) is 13.8. The van der Waals surface area contributed by atoms with E-state index in [-0.39, 0.29) is 11.1 Å². The Morgan fingerprint density at radius 2 is 2.11 bits per heavy atom. The highest BCUT2D eigenvalue weighted by Gasteiger charge is 2.25. The molecule has 0 aliphatic rings. The Kier molecular flexibility index (Phi) is 3.77. The molecule has 0 saturated heterocycles. The van der Waals surface area contributed by atoms with Crippen molar-refractivity contribution >= 4 is 21.5 Å². The quantitative estimate of drug-likeness (QED) is 0.870. The molecule has 2 rings (SSSR count). The van der Waals surface area contributed by atoms with E-state index in [1.807, 2.05) is 13.0 Å². The number of nitrogens with one attached hydrogen (secondary N) is 2. The molecule has 104 valence electrons. The number of pyridine rings is 1. The SMILES string of the molecule is CCNc1nc2ccccn2c1S(=O)(=O)NC(C)C. The molecule has 0 spiro atoms. The Labute approximate surface area is 112 Å². The lowest BCUT2D eigenvalue weighted by atomic mass is 10.4. The van der Waals surface area contributed by atoms with Gasteiger partial charge in [0.05, 0.1) is 0 Å². The Balaban J connectivity index is 2.65. The number of sulfonamides is 1. The molecular formula is C12H18N4O2S. The van der Waals surface area contributed by atoms with Gasteiger partial charge in [0.15, 0.2) is 10.8 Å². The summed E-state index contributed by atoms with van der Waals surface area (Å²) in [5.41, 5.74) is 0.600. The standard InChI is InChI=1S/C12H18N4O2S/c1-4-13-11-12(19(17,18)15-9(2)3)16-8-6-5-7-10(16)14-11/h5-9,13,15H,4H2,1-3H3. The largest absolute Gasteiger partial charge is 0.368 e. The molecule has 0 fully saturated rings. The van der Waals surface area contributed by atoms with Crippen LogP contribution in [0.15, 0.2) is 29.4 Å². The van der Waals surface area contributed by atoms with E-state index in [9.17, 15) is 8.42 Å². The van der Waals surface area contributed by atoms with E-state index in [0.717, 1.165) is 0 Å². The minimum absolute atomic E-state index is 0.152. The van der Waals surface area contributed by atoms with Crippen LogP contribution in [0.4, 0.5) is 5.82 Å². The highest BCUT2D eigenvalue weighted by Crippen LogP contribution is 2.22. The summed E-state index contributed by atoms with van der Waals surface area (Å²) in [4.78, 5) is 4.31. The van der Waals surface area contributed by atoms with Crippen LogP contribution < -0.4 is 10.0 Å². The molecule has 2 aromatic heterocycles. The van der Waals surface area contributed by atoms with Gasteiger partial charge in [0.2, 0.25) is 0 Å². The number of hydrogen-bond donors (Lipinski definition) is 2. The molecule has 0 aliphatic heterocycles. The van der Waals surface area contributed by atoms with E-state index in [0.29, 0.717) is 18.0 Å². The van der Waals surface area contributed by atoms with Gasteiger partial charge < -0.3 is 5.32 Å². The third kappa shape index (κ3) is 2.71. The summed E-state index contributed by atoms with van der Waals surface area (Å²) in [7, 11) is -3.61. The van der Waals surface area contributed by atoms with Crippen LogP contribution in [0.3, 0.4) is 0 Å². The maximum atomic E-state index is 12.4. The number of aromatic nitrogens is 2. The van der Waals surface area contributed by atoms with Crippen LogP contribution in [0, 0.1) is 0 Å². The maximum Gasteiger partial charge on any atom is 0.260 e. The van der Waals surface area contributed by atoms with Crippen LogP contribution >= 0.6 is 0 Å². The van der Waals surface area contributed by atoms with Crippen molar-refractivity contribution in [3.05, 3.63) is 24.4 Å². The van der Waals surface area contributed by atoms with Crippen molar-refractivity contribution in [3.8, 4) is 0 Å². The second-order valence-electron chi connectivity index (χ2n) is 4.50. The molecule has 2 heterocycles. The number of imidazole rings is 1. The average molecular weight is 282 g/mol. The van der Waals surface area contributed by atoms with Gasteiger partial charge in [-0.3, -0.25) is 4.40 Å². The van der Waals surface area contributed by atoms with Crippen molar-refractivity contribution in [1.82, 2.24) is 14.1 Å². The van der Waals surface area contributed by atoms with Crippen LogP contribution in [0.1, 0.15) is 20.8 Å². The summed E-state index contributed by atoms with van der Waals surface area (Å²) in [5.74, 6) is 0.377. The highest BCUT2D eigenvalue weighted by molar-refractivity contribution is 7.89. The first-order valence-corrected chi connectivity index (χ1v) is 7.67. The topological polar surface area (TPSA) is 75.5 Å². The molecule has 0 aromatic carbocycles. The van der Waals surface area contributed by atoms with Crippen molar-refractivity contribution < 1.29 is 8.42 Å². The van der Waals surface area contributed by atoms with Crippen LogP contribution in [-0.2, 0) is 10.0 Å². The van der Waals surface area contributed by atoms with Crippen molar-refractivity contribution in [3.63, 3.8) is 0 Å². The average Bonchev–Trinajstić information content (AvgIpc) is 2.66. The number of nitrogens with zero attached hydrogens (tertiary/aromatic N) is 2. The fraction of sp³-hybridized carbons (Fsp3) is 0.417. The first-order valence-electron chi connectivity index (χ1n) is 6.19. The van der Waals surface area contributed by atoms with Crippen LogP contribution in [0.25, 0.3) is 5.65 Å². The van der Waals surface area contributed by atoms with Crippen LogP contribution in [0.2, 0.25) is 0 Å². The van der Waals surface area contributed by atoms with E-state index >= 15 is 0 Å². The number of fused-ring (bicyclic) bond motifs is 1. The zero-order valence-corrected chi connectivity index (χ0v) is 12.0. The molecule has 0 atom stereocenters. The molecule has 7 heteroatoms. The highest BCUT2D eigenvalue weighted by atomic mass is 32.2. The zero-order chi connectivity index (χ0) is 14.0. The van der Waals surface area contributed by atoms with Gasteiger partial charge in [-0.05, 0) is 32.9 Å². The predicted octanol–water partition coefficient (Wildman–Crippen LogP) is 1.45. The second kappa shape index (κ2) is 5.18. The summed E-state index contributed by atoms with van der Waals surface area (Å²) in [5, 5.41) is 3.15. The molecular weight excluding hydrogens is 264 g/mol. The zero-order valence-electron chi connectivity index (χ0n) is 11.2. The summed E-state index contributed by atoms with van der Waals surface area (Å²) in [6, 6.07) is 5.20. The van der Waals surface area contributed by atoms with Crippen LogP contribution in [0.5, 0.6) is 0 Å². The molecule has 0 aliphatic carbocycles. The van der Waals surface area contributed by atoms with Crippen molar-refractivity contribution in [2.45, 2.75) is 31.8 Å². The van der Waals surface area contributed by atoms with Gasteiger partial charge in [-0.15, -0.1) is 0 Å². The summed E-state index contributed by atoms with van der Waals surface area (Å²) >= 11 is 0. The first-order chi connectivity index (χ1) is 8.95. The van der Waals surface area contributed by atoms with E-state index in [1.165, 1.54) is 0 Å². The van der Waals surface area contributed by atoms with Gasteiger partial charge >= 0.3 is 0 Å². The Bertz CT molecular complexity index is 676. The van der Waals surface area contributed by atoms with Crippen molar-refractivity contribution in [1.29, 1.82) is 0 Å². The lowest BCUT2D eigenvalue weighted by molar-refractivity contribution is 0.565. The fourth-order valence-corrected chi connectivity index (χ4v) is 3.40. The smallest absolute Gasteiger partial charge is 0.260 e. The van der Waals surface area contributed by atoms with Gasteiger partial charge in [-0.2, -0.15) is 0 Å². The Morgan fingerprint density at radius 1 is 1.37 bits per heavy atom. The van der Waals surface area contributed by atoms with Gasteiger partial charge in [-0.25, -0.2) is 18.1 Å². The molecule has 0 amide bonds. The van der Waals surface area contributed by atoms with Gasteiger partial charge in [-0.1, -0.05) is 6.07 Å². The molecule has 2 N–H and O–H groups in total. The normalized spacial score (nSPS) is 12.2. The number of anilines is 1. The third-order valence-corrected chi connectivity index (χ3v) is 4.16. The molecule has 0 unspecified atom stereocenters. The van der Waals surface area contributed by atoms with Crippen molar-refractivity contribution in [2.24, 2.45) is 0 Å². The van der Waals surface area contributed by atoms with E-state index in [1.54, 1.807) is 36.6 Å². The summed E-state index contributed by atoms with van der Waals surface area (Å²) in [6.45, 7) is 6.08. The molecule has 0 bridgehead atoms. The third-order valence-electron chi connectivity index (χ3n) is 2.48. The lowest BCUT2D eigenvalue weighted by Gasteiger charge is -2.11. The van der Waals surface area contributed by atoms with Gasteiger partial charge in [0.1, 0.15) is 5.65 Å². The Morgan fingerprint density at radius 3 is 2.74 bits per heavy atom. The van der Waals surface area contributed by atoms with E-state index in [2.05, 4.69) is 15.0 Å². The second-order valence-corrected chi connectivity index (χ2v) is 6.13. The molecule has 2 aromatic rings. The molecule has 19 heavy (non-hydrogen) atoms. The van der Waals surface area contributed by atoms with Gasteiger partial charge in [0.25, 0.3) is 10.0 Å². The van der Waals surface area contributed by atoms with E-state index < -0.39 is 10.0 Å². The lowest BCUT2D eigenvalue weighted by Crippen LogP contribution is -2.31. The minimum atomic E-state index is -3.61. The molecule has 0 radical (unpaired) electrons. The number of hydrogen-bond acceptors (Lipinski definition) is 4. The molecule has 6 nitrogen and oxygen atoms in total. The van der Waals surface area contributed by atoms with Crippen molar-refractivity contribution in [2.75, 3.05) is 11.9 Å². The monoisotopic (exact) mass is 282 g/mol. The van der Waals surface area contributed by atoms with Crippen LogP contribution in [-0.4, -0.2) is 30.4 Å². The molecule has 0 saturated carbocycles. The minimum Gasteiger partial charge on any atom is -0.368 e. The maximum absolute atomic E-state index is 12.4. The predicted molar refractivity (Wildman–Crippen MR) is 74.8 cm³/mol. The Hall–Kier alpha value is -1.60. The number of rotatable bonds is 5. The fourth-order valence-electron chi connectivity index (χ4n) is 1.88. The summed E-state index contributed by atoms with van der Waals surface area (Å²) < 4.78 is 29.0. The summed E-state index contributed by atoms with van der Waals surface area (Å²) in [6.07, 6.45) is 1.69. The van der Waals surface area contributed by atoms with Gasteiger partial charge in [0, 0.05) is 18.8 Å². The van der Waals surface area contributed by atoms with E-state index in [4.69, 9.17) is 0 Å².